The number of halogens is 1. The maximum atomic E-state index is 12.2. The normalized spacial score (nSPS) is 18.7. The first-order valence-corrected chi connectivity index (χ1v) is 8.37. The van der Waals surface area contributed by atoms with Gasteiger partial charge in [0.2, 0.25) is 5.91 Å². The predicted molar refractivity (Wildman–Crippen MR) is 90.2 cm³/mol. The lowest BCUT2D eigenvalue weighted by atomic mass is 9.87. The van der Waals surface area contributed by atoms with Crippen LogP contribution in [0.25, 0.3) is 0 Å². The minimum absolute atomic E-state index is 0.0710. The van der Waals surface area contributed by atoms with E-state index in [4.69, 9.17) is 22.1 Å². The summed E-state index contributed by atoms with van der Waals surface area (Å²) in [6.07, 6.45) is 1.16. The SMILES string of the molecule is COC(CN)CC(=O)N1CCC(C(O)c2ccc(Cl)cc2)CC1. The fourth-order valence-corrected chi connectivity index (χ4v) is 3.11. The second kappa shape index (κ2) is 8.64. The molecular weight excluding hydrogens is 316 g/mol. The van der Waals surface area contributed by atoms with Gasteiger partial charge in [0.25, 0.3) is 0 Å². The van der Waals surface area contributed by atoms with Gasteiger partial charge in [0.1, 0.15) is 0 Å². The van der Waals surface area contributed by atoms with Gasteiger partial charge in [-0.2, -0.15) is 0 Å². The van der Waals surface area contributed by atoms with E-state index in [0.717, 1.165) is 18.4 Å². The van der Waals surface area contributed by atoms with E-state index in [-0.39, 0.29) is 17.9 Å². The average Bonchev–Trinajstić information content (AvgIpc) is 2.59. The summed E-state index contributed by atoms with van der Waals surface area (Å²) in [6, 6.07) is 7.29. The van der Waals surface area contributed by atoms with Crippen molar-refractivity contribution in [1.29, 1.82) is 0 Å². The van der Waals surface area contributed by atoms with Gasteiger partial charge in [-0.3, -0.25) is 4.79 Å². The molecule has 128 valence electrons. The first-order chi connectivity index (χ1) is 11.0. The number of piperidine rings is 1. The average molecular weight is 341 g/mol. The van der Waals surface area contributed by atoms with Gasteiger partial charge < -0.3 is 20.5 Å². The lowest BCUT2D eigenvalue weighted by Crippen LogP contribution is -2.42. The molecule has 1 fully saturated rings. The number of rotatable bonds is 6. The summed E-state index contributed by atoms with van der Waals surface area (Å²) in [5, 5.41) is 11.2. The fraction of sp³-hybridized carbons (Fsp3) is 0.588. The van der Waals surface area contributed by atoms with Crippen LogP contribution in [0.2, 0.25) is 5.02 Å². The van der Waals surface area contributed by atoms with Crippen LogP contribution in [0, 0.1) is 5.92 Å². The van der Waals surface area contributed by atoms with Gasteiger partial charge in [-0.15, -0.1) is 0 Å². The third-order valence-corrected chi connectivity index (χ3v) is 4.80. The molecule has 5 nitrogen and oxygen atoms in total. The molecule has 0 aromatic heterocycles. The second-order valence-corrected chi connectivity index (χ2v) is 6.45. The summed E-state index contributed by atoms with van der Waals surface area (Å²) < 4.78 is 5.16. The summed E-state index contributed by atoms with van der Waals surface area (Å²) in [7, 11) is 1.57. The molecule has 0 bridgehead atoms. The van der Waals surface area contributed by atoms with Crippen molar-refractivity contribution in [2.75, 3.05) is 26.7 Å². The lowest BCUT2D eigenvalue weighted by molar-refractivity contribution is -0.135. The Morgan fingerprint density at radius 1 is 1.39 bits per heavy atom. The Hall–Kier alpha value is -1.14. The van der Waals surface area contributed by atoms with E-state index in [1.165, 1.54) is 0 Å². The Kier molecular flexibility index (Phi) is 6.84. The maximum absolute atomic E-state index is 12.2. The fourth-order valence-electron chi connectivity index (χ4n) is 2.98. The van der Waals surface area contributed by atoms with Crippen molar-refractivity contribution >= 4 is 17.5 Å². The number of nitrogens with zero attached hydrogens (tertiary/aromatic N) is 1. The van der Waals surface area contributed by atoms with Crippen molar-refractivity contribution in [3.63, 3.8) is 0 Å². The molecule has 2 atom stereocenters. The number of aliphatic hydroxyl groups excluding tert-OH is 1. The van der Waals surface area contributed by atoms with Crippen LogP contribution in [0.15, 0.2) is 24.3 Å². The van der Waals surface area contributed by atoms with Gasteiger partial charge in [0.15, 0.2) is 0 Å². The van der Waals surface area contributed by atoms with Crippen LogP contribution in [-0.2, 0) is 9.53 Å². The quantitative estimate of drug-likeness (QED) is 0.830. The molecule has 2 unspecified atom stereocenters. The number of aliphatic hydroxyl groups is 1. The number of benzene rings is 1. The zero-order valence-corrected chi connectivity index (χ0v) is 14.2. The Labute approximate surface area is 142 Å². The molecule has 0 aliphatic carbocycles. The van der Waals surface area contributed by atoms with Crippen LogP contribution in [0.3, 0.4) is 0 Å². The van der Waals surface area contributed by atoms with Crippen LogP contribution < -0.4 is 5.73 Å². The number of methoxy groups -OCH3 is 1. The van der Waals surface area contributed by atoms with E-state index in [0.29, 0.717) is 31.1 Å². The van der Waals surface area contributed by atoms with E-state index in [2.05, 4.69) is 0 Å². The molecule has 1 amide bonds. The summed E-state index contributed by atoms with van der Waals surface area (Å²) in [4.78, 5) is 14.1. The van der Waals surface area contributed by atoms with Gasteiger partial charge in [-0.25, -0.2) is 0 Å². The van der Waals surface area contributed by atoms with Crippen molar-refractivity contribution in [2.24, 2.45) is 11.7 Å². The molecule has 1 aromatic carbocycles. The molecule has 0 spiro atoms. The number of hydrogen-bond donors (Lipinski definition) is 2. The monoisotopic (exact) mass is 340 g/mol. The highest BCUT2D eigenvalue weighted by Crippen LogP contribution is 2.31. The first kappa shape index (κ1) is 18.2. The molecule has 1 aliphatic heterocycles. The summed E-state index contributed by atoms with van der Waals surface area (Å²) in [5.74, 6) is 0.231. The summed E-state index contributed by atoms with van der Waals surface area (Å²) in [5.41, 5.74) is 6.44. The number of hydrogen-bond acceptors (Lipinski definition) is 4. The number of nitrogens with two attached hydrogens (primary N) is 1. The molecule has 3 N–H and O–H groups in total. The van der Waals surface area contributed by atoms with Gasteiger partial charge in [0.05, 0.1) is 18.6 Å². The van der Waals surface area contributed by atoms with Crippen molar-refractivity contribution in [1.82, 2.24) is 4.90 Å². The Morgan fingerprint density at radius 2 is 2.00 bits per heavy atom. The molecule has 0 radical (unpaired) electrons. The van der Waals surface area contributed by atoms with Crippen molar-refractivity contribution < 1.29 is 14.6 Å². The number of carbonyl (C=O) groups is 1. The highest BCUT2D eigenvalue weighted by molar-refractivity contribution is 6.30. The number of amides is 1. The van der Waals surface area contributed by atoms with E-state index in [1.807, 2.05) is 17.0 Å². The van der Waals surface area contributed by atoms with E-state index in [9.17, 15) is 9.90 Å². The van der Waals surface area contributed by atoms with Gasteiger partial charge in [-0.05, 0) is 36.5 Å². The van der Waals surface area contributed by atoms with E-state index in [1.54, 1.807) is 19.2 Å². The van der Waals surface area contributed by atoms with Gasteiger partial charge in [-0.1, -0.05) is 23.7 Å². The van der Waals surface area contributed by atoms with Crippen molar-refractivity contribution in [2.45, 2.75) is 31.5 Å². The van der Waals surface area contributed by atoms with Crippen LogP contribution >= 0.6 is 11.6 Å². The van der Waals surface area contributed by atoms with E-state index >= 15 is 0 Å². The summed E-state index contributed by atoms with van der Waals surface area (Å²) >= 11 is 5.88. The van der Waals surface area contributed by atoms with Crippen LogP contribution in [0.5, 0.6) is 0 Å². The minimum Gasteiger partial charge on any atom is -0.388 e. The Balaban J connectivity index is 1.85. The minimum atomic E-state index is -0.514. The van der Waals surface area contributed by atoms with E-state index < -0.39 is 6.10 Å². The molecule has 1 saturated heterocycles. The van der Waals surface area contributed by atoms with Crippen molar-refractivity contribution in [3.05, 3.63) is 34.9 Å². The Bertz CT molecular complexity index is 497. The largest absolute Gasteiger partial charge is 0.388 e. The maximum Gasteiger partial charge on any atom is 0.225 e. The lowest BCUT2D eigenvalue weighted by Gasteiger charge is -2.35. The molecule has 1 aliphatic rings. The number of carbonyl (C=O) groups excluding carboxylic acids is 1. The third-order valence-electron chi connectivity index (χ3n) is 4.55. The van der Waals surface area contributed by atoms with Gasteiger partial charge in [0, 0.05) is 31.8 Å². The highest BCUT2D eigenvalue weighted by Gasteiger charge is 2.28. The Morgan fingerprint density at radius 3 is 2.52 bits per heavy atom. The standard InChI is InChI=1S/C17H25ClN2O3/c1-23-15(11-19)10-16(21)20-8-6-13(7-9-20)17(22)12-2-4-14(18)5-3-12/h2-5,13,15,17,22H,6-11,19H2,1H3. The first-order valence-electron chi connectivity index (χ1n) is 7.99. The smallest absolute Gasteiger partial charge is 0.225 e. The predicted octanol–water partition coefficient (Wildman–Crippen LogP) is 1.98. The van der Waals surface area contributed by atoms with Crippen LogP contribution in [-0.4, -0.2) is 48.8 Å². The molecule has 23 heavy (non-hydrogen) atoms. The number of ether oxygens (including phenoxy) is 1. The topological polar surface area (TPSA) is 75.8 Å². The number of likely N-dealkylation sites (tertiary alicyclic amines) is 1. The molecule has 2 rings (SSSR count). The molecule has 0 saturated carbocycles. The molecule has 6 heteroatoms. The zero-order valence-electron chi connectivity index (χ0n) is 13.5. The molecule has 1 aromatic rings. The highest BCUT2D eigenvalue weighted by atomic mass is 35.5. The van der Waals surface area contributed by atoms with Crippen LogP contribution in [0.1, 0.15) is 30.9 Å². The summed E-state index contributed by atoms with van der Waals surface area (Å²) in [6.45, 7) is 1.66. The molecular formula is C17H25ClN2O3. The van der Waals surface area contributed by atoms with Crippen LogP contribution in [0.4, 0.5) is 0 Å². The van der Waals surface area contributed by atoms with Gasteiger partial charge >= 0.3 is 0 Å². The third kappa shape index (κ3) is 4.91. The zero-order chi connectivity index (χ0) is 16.8. The second-order valence-electron chi connectivity index (χ2n) is 6.01. The van der Waals surface area contributed by atoms with Crippen molar-refractivity contribution in [3.8, 4) is 0 Å². The molecule has 1 heterocycles.